The van der Waals surface area contributed by atoms with Crippen molar-refractivity contribution in [3.05, 3.63) is 33.8 Å². The third-order valence-electron chi connectivity index (χ3n) is 2.22. The summed E-state index contributed by atoms with van der Waals surface area (Å²) >= 11 is 11.4. The average molecular weight is 288 g/mol. The van der Waals surface area contributed by atoms with E-state index in [0.717, 1.165) is 0 Å². The van der Waals surface area contributed by atoms with Gasteiger partial charge in [-0.15, -0.1) is 0 Å². The number of halogens is 5. The molecule has 0 amide bonds. The normalized spacial score (nSPS) is 15.7. The predicted octanol–water partition coefficient (Wildman–Crippen LogP) is 3.31. The summed E-state index contributed by atoms with van der Waals surface area (Å²) < 4.78 is 36.6. The third-order valence-corrected chi connectivity index (χ3v) is 2.78. The molecule has 0 aliphatic heterocycles. The Morgan fingerprint density at radius 1 is 1.29 bits per heavy atom. The second-order valence-electron chi connectivity index (χ2n) is 3.57. The van der Waals surface area contributed by atoms with Crippen LogP contribution in [0.3, 0.4) is 0 Å². The highest BCUT2D eigenvalue weighted by Gasteiger charge is 2.38. The fourth-order valence-electron chi connectivity index (χ4n) is 1.27. The Labute approximate surface area is 106 Å². The lowest BCUT2D eigenvalue weighted by Crippen LogP contribution is -2.38. The Hall–Kier alpha value is -0.490. The van der Waals surface area contributed by atoms with E-state index in [4.69, 9.17) is 28.9 Å². The minimum atomic E-state index is -4.54. The van der Waals surface area contributed by atoms with Gasteiger partial charge in [-0.1, -0.05) is 29.3 Å². The second kappa shape index (κ2) is 5.44. The van der Waals surface area contributed by atoms with E-state index in [9.17, 15) is 18.3 Å². The van der Waals surface area contributed by atoms with Crippen molar-refractivity contribution in [2.45, 2.75) is 24.7 Å². The summed E-state index contributed by atoms with van der Waals surface area (Å²) in [5, 5.41) is 10.1. The maximum Gasteiger partial charge on any atom is 0.403 e. The fourth-order valence-corrected chi connectivity index (χ4v) is 1.81. The molecule has 17 heavy (non-hydrogen) atoms. The molecule has 0 bridgehead atoms. The van der Waals surface area contributed by atoms with E-state index in [0.29, 0.717) is 5.02 Å². The number of hydrogen-bond donors (Lipinski definition) is 2. The predicted molar refractivity (Wildman–Crippen MR) is 60.1 cm³/mol. The first-order valence-corrected chi connectivity index (χ1v) is 5.42. The first kappa shape index (κ1) is 14.6. The van der Waals surface area contributed by atoms with Crippen molar-refractivity contribution in [3.63, 3.8) is 0 Å². The smallest absolute Gasteiger partial charge is 0.388 e. The lowest BCUT2D eigenvalue weighted by atomic mass is 10.0. The highest BCUT2D eigenvalue weighted by Crippen LogP contribution is 2.31. The first-order valence-electron chi connectivity index (χ1n) is 4.67. The van der Waals surface area contributed by atoms with Crippen LogP contribution in [0.25, 0.3) is 0 Å². The molecule has 0 fully saturated rings. The van der Waals surface area contributed by atoms with Gasteiger partial charge < -0.3 is 10.8 Å². The number of rotatable bonds is 3. The molecule has 0 saturated heterocycles. The van der Waals surface area contributed by atoms with Crippen LogP contribution in [0.2, 0.25) is 10.0 Å². The van der Waals surface area contributed by atoms with Crippen molar-refractivity contribution in [2.24, 2.45) is 5.73 Å². The zero-order chi connectivity index (χ0) is 13.2. The van der Waals surface area contributed by atoms with E-state index >= 15 is 0 Å². The van der Waals surface area contributed by atoms with Crippen molar-refractivity contribution in [1.29, 1.82) is 0 Å². The molecule has 0 unspecified atom stereocenters. The molecule has 2 nitrogen and oxygen atoms in total. The lowest BCUT2D eigenvalue weighted by molar-refractivity contribution is -0.153. The molecule has 0 saturated carbocycles. The van der Waals surface area contributed by atoms with Gasteiger partial charge in [0.2, 0.25) is 0 Å². The minimum absolute atomic E-state index is 0.111. The van der Waals surface area contributed by atoms with Crippen LogP contribution in [0.5, 0.6) is 0 Å². The van der Waals surface area contributed by atoms with Gasteiger partial charge in [-0.05, 0) is 17.7 Å². The van der Waals surface area contributed by atoms with E-state index in [1.165, 1.54) is 18.2 Å². The van der Waals surface area contributed by atoms with E-state index in [-0.39, 0.29) is 10.6 Å². The average Bonchev–Trinajstić information content (AvgIpc) is 2.15. The summed E-state index contributed by atoms with van der Waals surface area (Å²) in [5.74, 6) is 0. The molecule has 96 valence electrons. The van der Waals surface area contributed by atoms with Crippen LogP contribution >= 0.6 is 23.2 Å². The zero-order valence-electron chi connectivity index (χ0n) is 8.51. The summed E-state index contributed by atoms with van der Waals surface area (Å²) in [7, 11) is 0. The summed E-state index contributed by atoms with van der Waals surface area (Å²) in [6, 6.07) is 2.06. The third kappa shape index (κ3) is 4.03. The number of benzene rings is 1. The Morgan fingerprint density at radius 3 is 2.35 bits per heavy atom. The first-order chi connectivity index (χ1) is 7.71. The Bertz CT molecular complexity index is 398. The van der Waals surface area contributed by atoms with Crippen LogP contribution in [0.4, 0.5) is 13.2 Å². The molecule has 0 radical (unpaired) electrons. The van der Waals surface area contributed by atoms with Crippen molar-refractivity contribution in [2.75, 3.05) is 0 Å². The number of nitrogens with two attached hydrogens (primary N) is 1. The molecule has 3 N–H and O–H groups in total. The molecule has 0 aliphatic carbocycles. The minimum Gasteiger partial charge on any atom is -0.388 e. The quantitative estimate of drug-likeness (QED) is 0.896. The maximum atomic E-state index is 12.2. The molecule has 1 aromatic rings. The molecule has 1 rings (SSSR count). The van der Waals surface area contributed by atoms with Crippen LogP contribution in [0.15, 0.2) is 18.2 Å². The van der Waals surface area contributed by atoms with Gasteiger partial charge in [0.25, 0.3) is 0 Å². The van der Waals surface area contributed by atoms with E-state index in [2.05, 4.69) is 0 Å². The van der Waals surface area contributed by atoms with Gasteiger partial charge in [0.15, 0.2) is 0 Å². The summed E-state index contributed by atoms with van der Waals surface area (Å²) in [6.07, 6.45) is -6.57. The monoisotopic (exact) mass is 287 g/mol. The van der Waals surface area contributed by atoms with Crippen molar-refractivity contribution >= 4 is 23.2 Å². The van der Waals surface area contributed by atoms with Crippen LogP contribution in [-0.4, -0.2) is 17.3 Å². The van der Waals surface area contributed by atoms with Crippen molar-refractivity contribution in [1.82, 2.24) is 0 Å². The molecule has 0 aromatic heterocycles. The van der Waals surface area contributed by atoms with Gasteiger partial charge in [0, 0.05) is 16.5 Å². The van der Waals surface area contributed by atoms with Crippen molar-refractivity contribution in [3.8, 4) is 0 Å². The van der Waals surface area contributed by atoms with Gasteiger partial charge in [0.1, 0.15) is 6.04 Å². The van der Waals surface area contributed by atoms with Gasteiger partial charge in [-0.2, -0.15) is 13.2 Å². The van der Waals surface area contributed by atoms with Gasteiger partial charge in [0.05, 0.1) is 6.10 Å². The van der Waals surface area contributed by atoms with Crippen LogP contribution in [0.1, 0.15) is 18.1 Å². The largest absolute Gasteiger partial charge is 0.403 e. The Kier molecular flexibility index (Phi) is 4.66. The molecule has 0 spiro atoms. The molecule has 1 aromatic carbocycles. The van der Waals surface area contributed by atoms with Gasteiger partial charge in [-0.3, -0.25) is 0 Å². The molecule has 0 aliphatic rings. The number of hydrogen-bond acceptors (Lipinski definition) is 2. The number of aliphatic hydroxyl groups excluding tert-OH is 1. The van der Waals surface area contributed by atoms with Gasteiger partial charge >= 0.3 is 6.18 Å². The lowest BCUT2D eigenvalue weighted by Gasteiger charge is -2.20. The van der Waals surface area contributed by atoms with Crippen LogP contribution < -0.4 is 5.73 Å². The molecular weight excluding hydrogens is 278 g/mol. The van der Waals surface area contributed by atoms with E-state index < -0.39 is 24.7 Å². The van der Waals surface area contributed by atoms with Crippen LogP contribution in [0, 0.1) is 0 Å². The standard InChI is InChI=1S/C10H10Cl2F3NO/c11-5-1-2-6(7(12)3-5)8(17)4-9(16)10(13,14)15/h1-3,8-9,17H,4,16H2/t8-,9+/m0/s1. The fraction of sp³-hybridized carbons (Fsp3) is 0.400. The van der Waals surface area contributed by atoms with E-state index in [1.807, 2.05) is 0 Å². The zero-order valence-corrected chi connectivity index (χ0v) is 10.0. The Balaban J connectivity index is 2.80. The highest BCUT2D eigenvalue weighted by atomic mass is 35.5. The van der Waals surface area contributed by atoms with Crippen molar-refractivity contribution < 1.29 is 18.3 Å². The topological polar surface area (TPSA) is 46.2 Å². The van der Waals surface area contributed by atoms with Gasteiger partial charge in [-0.25, -0.2) is 0 Å². The summed E-state index contributed by atoms with van der Waals surface area (Å²) in [5.41, 5.74) is 5.09. The number of aliphatic hydroxyl groups is 1. The van der Waals surface area contributed by atoms with Crippen LogP contribution in [-0.2, 0) is 0 Å². The SMILES string of the molecule is N[C@H](C[C@H](O)c1ccc(Cl)cc1Cl)C(F)(F)F. The number of alkyl halides is 3. The van der Waals surface area contributed by atoms with E-state index in [1.54, 1.807) is 0 Å². The Morgan fingerprint density at radius 2 is 1.88 bits per heavy atom. The summed E-state index contributed by atoms with van der Waals surface area (Å²) in [6.45, 7) is 0. The molecule has 0 heterocycles. The second-order valence-corrected chi connectivity index (χ2v) is 4.41. The maximum absolute atomic E-state index is 12.2. The molecule has 2 atom stereocenters. The molecule has 7 heteroatoms. The summed E-state index contributed by atoms with van der Waals surface area (Å²) in [4.78, 5) is 0. The highest BCUT2D eigenvalue weighted by molar-refractivity contribution is 6.35. The molecular formula is C10H10Cl2F3NO.